The first-order valence-electron chi connectivity index (χ1n) is 4.48. The molecule has 3 heteroatoms. The number of hydrogen-bond donors (Lipinski definition) is 0. The predicted octanol–water partition coefficient (Wildman–Crippen LogP) is 3.18. The Hall–Kier alpha value is -1.15. The van der Waals surface area contributed by atoms with Crippen LogP contribution in [0.25, 0.3) is 0 Å². The third-order valence-electron chi connectivity index (χ3n) is 2.31. The van der Waals surface area contributed by atoms with Gasteiger partial charge >= 0.3 is 0 Å². The molecule has 2 nitrogen and oxygen atoms in total. The molecule has 1 aromatic rings. The smallest absolute Gasteiger partial charge is 0.173 e. The highest BCUT2D eigenvalue weighted by atomic mass is 35.5. The summed E-state index contributed by atoms with van der Waals surface area (Å²) in [5, 5.41) is 0.552. The number of Topliss-reactive ketones (excluding diaryl/α,β-unsaturated/α-hetero) is 1. The molecule has 0 bridgehead atoms. The number of fused-ring (bicyclic) bond motifs is 1. The van der Waals surface area contributed by atoms with Gasteiger partial charge in [0.25, 0.3) is 0 Å². The summed E-state index contributed by atoms with van der Waals surface area (Å²) in [4.78, 5) is 16.0. The van der Waals surface area contributed by atoms with Crippen LogP contribution in [0.3, 0.4) is 0 Å². The van der Waals surface area contributed by atoms with Crippen LogP contribution < -0.4 is 0 Å². The molecule has 0 spiro atoms. The monoisotopic (exact) mass is 207 g/mol. The van der Waals surface area contributed by atoms with E-state index in [4.69, 9.17) is 11.6 Å². The summed E-state index contributed by atoms with van der Waals surface area (Å²) >= 11 is 5.99. The van der Waals surface area contributed by atoms with Crippen LogP contribution in [-0.2, 0) is 0 Å². The first kappa shape index (κ1) is 9.41. The molecule has 0 radical (unpaired) electrons. The van der Waals surface area contributed by atoms with Crippen molar-refractivity contribution in [3.63, 3.8) is 0 Å². The fourth-order valence-corrected chi connectivity index (χ4v) is 1.88. The highest BCUT2D eigenvalue weighted by Crippen LogP contribution is 2.34. The number of aryl methyl sites for hydroxylation is 1. The summed E-state index contributed by atoms with van der Waals surface area (Å²) < 4.78 is 0. The number of benzene rings is 1. The summed E-state index contributed by atoms with van der Waals surface area (Å²) in [7, 11) is 0. The molecule has 0 saturated heterocycles. The molecule has 1 atom stereocenters. The topological polar surface area (TPSA) is 29.4 Å². The quantitative estimate of drug-likeness (QED) is 0.643. The number of nitrogens with zero attached hydrogens (tertiary/aromatic N) is 1. The van der Waals surface area contributed by atoms with Crippen molar-refractivity contribution in [2.45, 2.75) is 13.8 Å². The molecule has 2 rings (SSSR count). The minimum absolute atomic E-state index is 0.0978. The molecule has 0 aromatic heterocycles. The summed E-state index contributed by atoms with van der Waals surface area (Å²) in [5.74, 6) is -0.0408. The molecule has 0 fully saturated rings. The predicted molar refractivity (Wildman–Crippen MR) is 57.8 cm³/mol. The lowest BCUT2D eigenvalue weighted by atomic mass is 9.95. The number of ketones is 1. The van der Waals surface area contributed by atoms with Crippen LogP contribution in [0.4, 0.5) is 5.69 Å². The first-order valence-corrected chi connectivity index (χ1v) is 4.86. The van der Waals surface area contributed by atoms with Gasteiger partial charge in [-0.3, -0.25) is 9.79 Å². The van der Waals surface area contributed by atoms with Gasteiger partial charge in [-0.15, -0.1) is 0 Å². The second-order valence-electron chi connectivity index (χ2n) is 3.57. The van der Waals surface area contributed by atoms with Gasteiger partial charge < -0.3 is 0 Å². The minimum Gasteiger partial charge on any atom is -0.293 e. The lowest BCUT2D eigenvalue weighted by Crippen LogP contribution is -2.16. The fourth-order valence-electron chi connectivity index (χ4n) is 1.55. The van der Waals surface area contributed by atoms with Crippen LogP contribution in [-0.4, -0.2) is 12.0 Å². The summed E-state index contributed by atoms with van der Waals surface area (Å²) in [6.45, 7) is 3.76. The van der Waals surface area contributed by atoms with E-state index in [1.807, 2.05) is 26.0 Å². The van der Waals surface area contributed by atoms with Crippen molar-refractivity contribution < 1.29 is 4.79 Å². The molecular weight excluding hydrogens is 198 g/mol. The van der Waals surface area contributed by atoms with Crippen molar-refractivity contribution in [1.82, 2.24) is 0 Å². The van der Waals surface area contributed by atoms with Gasteiger partial charge in [0.15, 0.2) is 5.78 Å². The Labute approximate surface area is 87.6 Å². The Bertz CT molecular complexity index is 437. The zero-order valence-electron chi connectivity index (χ0n) is 8.04. The molecule has 0 saturated carbocycles. The van der Waals surface area contributed by atoms with Crippen LogP contribution in [0.1, 0.15) is 22.8 Å². The van der Waals surface area contributed by atoms with Crippen molar-refractivity contribution in [3.8, 4) is 0 Å². The highest BCUT2D eigenvalue weighted by molar-refractivity contribution is 6.34. The zero-order valence-corrected chi connectivity index (χ0v) is 8.80. The van der Waals surface area contributed by atoms with Crippen molar-refractivity contribution in [2.24, 2.45) is 10.9 Å². The molecule has 1 unspecified atom stereocenters. The molecule has 0 N–H and O–H groups in total. The lowest BCUT2D eigenvalue weighted by molar-refractivity contribution is 0.0962. The van der Waals surface area contributed by atoms with E-state index in [1.165, 1.54) is 0 Å². The zero-order chi connectivity index (χ0) is 10.3. The lowest BCUT2D eigenvalue weighted by Gasteiger charge is -2.15. The van der Waals surface area contributed by atoms with Crippen LogP contribution in [0.2, 0.25) is 5.02 Å². The first-order chi connectivity index (χ1) is 6.59. The van der Waals surface area contributed by atoms with Gasteiger partial charge in [0, 0.05) is 11.8 Å². The fraction of sp³-hybridized carbons (Fsp3) is 0.273. The maximum absolute atomic E-state index is 11.8. The molecule has 1 heterocycles. The molecule has 14 heavy (non-hydrogen) atoms. The van der Waals surface area contributed by atoms with Gasteiger partial charge in [0.1, 0.15) is 0 Å². The normalized spacial score (nSPS) is 19.6. The second-order valence-corrected chi connectivity index (χ2v) is 3.98. The summed E-state index contributed by atoms with van der Waals surface area (Å²) in [6.07, 6.45) is 1.64. The van der Waals surface area contributed by atoms with Gasteiger partial charge in [0.2, 0.25) is 0 Å². The van der Waals surface area contributed by atoms with Crippen LogP contribution in [0, 0.1) is 12.8 Å². The average molecular weight is 208 g/mol. The Morgan fingerprint density at radius 3 is 2.86 bits per heavy atom. The SMILES string of the molecule is Cc1cc(Cl)c2c(c1)C(=O)C(C)C=N2. The van der Waals surface area contributed by atoms with Crippen molar-refractivity contribution in [1.29, 1.82) is 0 Å². The Balaban J connectivity index is 2.68. The Morgan fingerprint density at radius 1 is 1.43 bits per heavy atom. The number of carbonyl (C=O) groups is 1. The number of hydrogen-bond acceptors (Lipinski definition) is 2. The molecule has 0 amide bonds. The molecule has 1 aliphatic heterocycles. The van der Waals surface area contributed by atoms with Crippen molar-refractivity contribution in [2.75, 3.05) is 0 Å². The summed E-state index contributed by atoms with van der Waals surface area (Å²) in [6, 6.07) is 3.66. The Morgan fingerprint density at radius 2 is 2.14 bits per heavy atom. The Kier molecular flexibility index (Phi) is 2.16. The maximum atomic E-state index is 11.8. The van der Waals surface area contributed by atoms with E-state index in [2.05, 4.69) is 4.99 Å². The maximum Gasteiger partial charge on any atom is 0.173 e. The number of rotatable bonds is 0. The van der Waals surface area contributed by atoms with Crippen molar-refractivity contribution in [3.05, 3.63) is 28.3 Å². The van der Waals surface area contributed by atoms with Crippen molar-refractivity contribution >= 4 is 29.3 Å². The van der Waals surface area contributed by atoms with Gasteiger partial charge in [0.05, 0.1) is 16.6 Å². The van der Waals surface area contributed by atoms with Gasteiger partial charge in [-0.05, 0) is 24.6 Å². The van der Waals surface area contributed by atoms with E-state index in [9.17, 15) is 4.79 Å². The van der Waals surface area contributed by atoms with Crippen LogP contribution >= 0.6 is 11.6 Å². The van der Waals surface area contributed by atoms with Gasteiger partial charge in [-0.2, -0.15) is 0 Å². The third kappa shape index (κ3) is 1.36. The van der Waals surface area contributed by atoms with E-state index in [0.717, 1.165) is 5.56 Å². The van der Waals surface area contributed by atoms with E-state index in [0.29, 0.717) is 16.3 Å². The van der Waals surface area contributed by atoms with E-state index in [1.54, 1.807) is 6.21 Å². The van der Waals surface area contributed by atoms with E-state index in [-0.39, 0.29) is 11.7 Å². The van der Waals surface area contributed by atoms with Crippen LogP contribution in [0.15, 0.2) is 17.1 Å². The standard InChI is InChI=1S/C11H10ClNO/c1-6-3-8-10(9(12)4-6)13-5-7(2)11(8)14/h3-5,7H,1-2H3. The highest BCUT2D eigenvalue weighted by Gasteiger charge is 2.22. The minimum atomic E-state index is -0.139. The third-order valence-corrected chi connectivity index (χ3v) is 2.60. The number of carbonyl (C=O) groups excluding carboxylic acids is 1. The number of aliphatic imine (C=N–C) groups is 1. The molecule has 72 valence electrons. The van der Waals surface area contributed by atoms with E-state index >= 15 is 0 Å². The molecular formula is C11H10ClNO. The van der Waals surface area contributed by atoms with Gasteiger partial charge in [-0.1, -0.05) is 18.5 Å². The molecule has 0 aliphatic carbocycles. The average Bonchev–Trinajstić information content (AvgIpc) is 2.12. The summed E-state index contributed by atoms with van der Waals surface area (Å²) in [5.41, 5.74) is 2.25. The van der Waals surface area contributed by atoms with E-state index < -0.39 is 0 Å². The second kappa shape index (κ2) is 3.21. The molecule has 1 aliphatic rings. The van der Waals surface area contributed by atoms with Gasteiger partial charge in [-0.25, -0.2) is 0 Å². The number of halogens is 1. The van der Waals surface area contributed by atoms with Crippen LogP contribution in [0.5, 0.6) is 0 Å². The largest absolute Gasteiger partial charge is 0.293 e. The molecule has 1 aromatic carbocycles.